The van der Waals surface area contributed by atoms with Gasteiger partial charge in [0.2, 0.25) is 0 Å². The van der Waals surface area contributed by atoms with Gasteiger partial charge in [-0.05, 0) is 24.8 Å². The van der Waals surface area contributed by atoms with Gasteiger partial charge in [-0.2, -0.15) is 0 Å². The molecular formula is C13H20O4. The summed E-state index contributed by atoms with van der Waals surface area (Å²) in [4.78, 5) is 21.4. The van der Waals surface area contributed by atoms with E-state index in [2.05, 4.69) is 13.5 Å². The average molecular weight is 240 g/mol. The molecule has 0 bridgehead atoms. The Bertz CT molecular complexity index is 305. The van der Waals surface area contributed by atoms with Crippen molar-refractivity contribution in [3.05, 3.63) is 24.3 Å². The minimum atomic E-state index is -0.992. The normalized spacial score (nSPS) is 12.9. The molecule has 0 aliphatic carbocycles. The number of esters is 1. The van der Waals surface area contributed by atoms with Crippen molar-refractivity contribution >= 4 is 11.9 Å². The van der Waals surface area contributed by atoms with Crippen LogP contribution in [0.3, 0.4) is 0 Å². The van der Waals surface area contributed by atoms with Gasteiger partial charge in [-0.3, -0.25) is 9.59 Å². The Morgan fingerprint density at radius 3 is 2.59 bits per heavy atom. The van der Waals surface area contributed by atoms with Crippen LogP contribution in [0.2, 0.25) is 0 Å². The molecular weight excluding hydrogens is 220 g/mol. The van der Waals surface area contributed by atoms with Crippen molar-refractivity contribution in [2.75, 3.05) is 6.61 Å². The van der Waals surface area contributed by atoms with Gasteiger partial charge in [0.05, 0.1) is 12.8 Å². The zero-order chi connectivity index (χ0) is 13.3. The Morgan fingerprint density at radius 2 is 2.06 bits per heavy atom. The molecule has 0 radical (unpaired) electrons. The predicted octanol–water partition coefficient (Wildman–Crippen LogP) is 2.55. The third-order valence-corrected chi connectivity index (χ3v) is 2.11. The molecule has 17 heavy (non-hydrogen) atoms. The van der Waals surface area contributed by atoms with E-state index in [4.69, 9.17) is 9.84 Å². The monoisotopic (exact) mass is 240 g/mol. The summed E-state index contributed by atoms with van der Waals surface area (Å²) in [5.74, 6) is -1.10. The summed E-state index contributed by atoms with van der Waals surface area (Å²) in [6, 6.07) is 0. The van der Waals surface area contributed by atoms with E-state index in [0.717, 1.165) is 12.0 Å². The highest BCUT2D eigenvalue weighted by atomic mass is 16.5. The topological polar surface area (TPSA) is 63.6 Å². The number of carbonyl (C=O) groups excluding carboxylic acids is 1. The molecule has 4 nitrogen and oxygen atoms in total. The Balaban J connectivity index is 3.89. The molecule has 0 saturated heterocycles. The highest BCUT2D eigenvalue weighted by molar-refractivity contribution is 5.76. The number of hydrogen-bond donors (Lipinski definition) is 1. The molecule has 0 heterocycles. The van der Waals surface area contributed by atoms with Gasteiger partial charge in [0.15, 0.2) is 0 Å². The van der Waals surface area contributed by atoms with Gasteiger partial charge < -0.3 is 9.84 Å². The molecule has 1 N–H and O–H groups in total. The van der Waals surface area contributed by atoms with Crippen LogP contribution in [0, 0.1) is 5.92 Å². The molecule has 96 valence electrons. The number of carboxylic acid groups (broad SMARTS) is 1. The first kappa shape index (κ1) is 15.4. The van der Waals surface area contributed by atoms with Crippen LogP contribution in [0.15, 0.2) is 24.3 Å². The maximum atomic E-state index is 11.1. The summed E-state index contributed by atoms with van der Waals surface area (Å²) in [6.07, 6.45) is 4.48. The number of hydrogen-bond acceptors (Lipinski definition) is 3. The molecule has 0 rings (SSSR count). The Labute approximate surface area is 102 Å². The van der Waals surface area contributed by atoms with E-state index in [-0.39, 0.29) is 19.4 Å². The number of aliphatic carboxylic acids is 1. The molecule has 0 aliphatic rings. The maximum absolute atomic E-state index is 11.1. The van der Waals surface area contributed by atoms with Crippen molar-refractivity contribution in [3.8, 4) is 0 Å². The van der Waals surface area contributed by atoms with Gasteiger partial charge >= 0.3 is 11.9 Å². The fourth-order valence-corrected chi connectivity index (χ4v) is 1.34. The summed E-state index contributed by atoms with van der Waals surface area (Å²) in [5.41, 5.74) is 0.961. The number of rotatable bonds is 8. The summed E-state index contributed by atoms with van der Waals surface area (Å²) in [5, 5.41) is 8.39. The first-order valence-corrected chi connectivity index (χ1v) is 5.61. The van der Waals surface area contributed by atoms with E-state index in [1.807, 2.05) is 19.1 Å². The number of carbonyl (C=O) groups is 2. The largest absolute Gasteiger partial charge is 0.481 e. The highest BCUT2D eigenvalue weighted by Gasteiger charge is 2.06. The quantitative estimate of drug-likeness (QED) is 0.523. The maximum Gasteiger partial charge on any atom is 0.306 e. The van der Waals surface area contributed by atoms with Crippen molar-refractivity contribution in [1.82, 2.24) is 0 Å². The lowest BCUT2D eigenvalue weighted by molar-refractivity contribution is -0.147. The van der Waals surface area contributed by atoms with Gasteiger partial charge in [-0.25, -0.2) is 0 Å². The summed E-state index contributed by atoms with van der Waals surface area (Å²) < 4.78 is 4.94. The van der Waals surface area contributed by atoms with Gasteiger partial charge in [0, 0.05) is 0 Å². The van der Waals surface area contributed by atoms with Gasteiger partial charge in [-0.15, -0.1) is 6.58 Å². The van der Waals surface area contributed by atoms with E-state index in [9.17, 15) is 9.59 Å². The molecule has 0 saturated carbocycles. The number of allylic oxidation sites excluding steroid dienone is 2. The number of ether oxygens (including phenoxy) is 1. The SMILES string of the molecule is C=CCC(C)/C=C(\C)COC(=O)CCC(=O)O. The second-order valence-corrected chi connectivity index (χ2v) is 4.07. The van der Waals surface area contributed by atoms with E-state index >= 15 is 0 Å². The summed E-state index contributed by atoms with van der Waals surface area (Å²) in [6.45, 7) is 7.81. The second-order valence-electron chi connectivity index (χ2n) is 4.07. The van der Waals surface area contributed by atoms with Crippen molar-refractivity contribution in [3.63, 3.8) is 0 Å². The van der Waals surface area contributed by atoms with Gasteiger partial charge in [0.1, 0.15) is 6.61 Å². The average Bonchev–Trinajstić information content (AvgIpc) is 2.23. The lowest BCUT2D eigenvalue weighted by atomic mass is 10.1. The minimum absolute atomic E-state index is 0.0785. The van der Waals surface area contributed by atoms with Crippen LogP contribution in [-0.4, -0.2) is 23.7 Å². The standard InChI is InChI=1S/C13H20O4/c1-4-5-10(2)8-11(3)9-17-13(16)7-6-12(14)15/h4,8,10H,1,5-7,9H2,2-3H3,(H,14,15)/b11-8+. The first-order chi connectivity index (χ1) is 7.95. The Kier molecular flexibility index (Phi) is 7.76. The molecule has 0 aromatic rings. The summed E-state index contributed by atoms with van der Waals surface area (Å²) in [7, 11) is 0. The van der Waals surface area contributed by atoms with Crippen LogP contribution in [0.4, 0.5) is 0 Å². The Morgan fingerprint density at radius 1 is 1.41 bits per heavy atom. The minimum Gasteiger partial charge on any atom is -0.481 e. The van der Waals surface area contributed by atoms with Crippen LogP contribution >= 0.6 is 0 Å². The zero-order valence-corrected chi connectivity index (χ0v) is 10.4. The van der Waals surface area contributed by atoms with Crippen LogP contribution < -0.4 is 0 Å². The molecule has 0 aromatic heterocycles. The summed E-state index contributed by atoms with van der Waals surface area (Å²) >= 11 is 0. The van der Waals surface area contributed by atoms with Crippen LogP contribution in [0.25, 0.3) is 0 Å². The smallest absolute Gasteiger partial charge is 0.306 e. The molecule has 0 amide bonds. The molecule has 0 aliphatic heterocycles. The zero-order valence-electron chi connectivity index (χ0n) is 10.4. The fourth-order valence-electron chi connectivity index (χ4n) is 1.34. The third-order valence-electron chi connectivity index (χ3n) is 2.11. The molecule has 0 aromatic carbocycles. The molecule has 0 fully saturated rings. The molecule has 1 unspecified atom stereocenters. The van der Waals surface area contributed by atoms with Gasteiger partial charge in [-0.1, -0.05) is 19.1 Å². The molecule has 1 atom stereocenters. The van der Waals surface area contributed by atoms with E-state index < -0.39 is 11.9 Å². The van der Waals surface area contributed by atoms with Crippen molar-refractivity contribution in [1.29, 1.82) is 0 Å². The van der Waals surface area contributed by atoms with Crippen molar-refractivity contribution < 1.29 is 19.4 Å². The van der Waals surface area contributed by atoms with Crippen LogP contribution in [0.5, 0.6) is 0 Å². The molecule has 4 heteroatoms. The Hall–Kier alpha value is -1.58. The van der Waals surface area contributed by atoms with E-state index in [1.165, 1.54) is 0 Å². The highest BCUT2D eigenvalue weighted by Crippen LogP contribution is 2.08. The number of carboxylic acids is 1. The first-order valence-electron chi connectivity index (χ1n) is 5.61. The third kappa shape index (κ3) is 9.35. The lowest BCUT2D eigenvalue weighted by Crippen LogP contribution is -2.09. The lowest BCUT2D eigenvalue weighted by Gasteiger charge is -2.07. The van der Waals surface area contributed by atoms with Gasteiger partial charge in [0.25, 0.3) is 0 Å². The van der Waals surface area contributed by atoms with Crippen LogP contribution in [-0.2, 0) is 14.3 Å². The van der Waals surface area contributed by atoms with Crippen LogP contribution in [0.1, 0.15) is 33.1 Å². The van der Waals surface area contributed by atoms with E-state index in [1.54, 1.807) is 0 Å². The van der Waals surface area contributed by atoms with Crippen molar-refractivity contribution in [2.45, 2.75) is 33.1 Å². The molecule has 0 spiro atoms. The fraction of sp³-hybridized carbons (Fsp3) is 0.538. The second kappa shape index (κ2) is 8.56. The predicted molar refractivity (Wildman–Crippen MR) is 65.6 cm³/mol. The van der Waals surface area contributed by atoms with Crippen molar-refractivity contribution in [2.24, 2.45) is 5.92 Å². The van der Waals surface area contributed by atoms with E-state index in [0.29, 0.717) is 5.92 Å².